The highest BCUT2D eigenvalue weighted by molar-refractivity contribution is 5.78. The van der Waals surface area contributed by atoms with Gasteiger partial charge in [-0.15, -0.1) is 0 Å². The molecule has 0 spiro atoms. The Morgan fingerprint density at radius 1 is 1.42 bits per heavy atom. The van der Waals surface area contributed by atoms with Gasteiger partial charge in [-0.2, -0.15) is 0 Å². The molecule has 19 heavy (non-hydrogen) atoms. The van der Waals surface area contributed by atoms with Gasteiger partial charge in [-0.1, -0.05) is 0 Å². The fourth-order valence-corrected chi connectivity index (χ4v) is 2.04. The van der Waals surface area contributed by atoms with Crippen molar-refractivity contribution in [2.45, 2.75) is 18.9 Å². The number of carbonyl (C=O) groups excluding carboxylic acids is 1. The smallest absolute Gasteiger partial charge is 0.329 e. The van der Waals surface area contributed by atoms with Crippen molar-refractivity contribution in [1.29, 1.82) is 0 Å². The summed E-state index contributed by atoms with van der Waals surface area (Å²) in [5, 5.41) is 11.3. The van der Waals surface area contributed by atoms with Crippen LogP contribution < -0.4 is 5.32 Å². The highest BCUT2D eigenvalue weighted by Crippen LogP contribution is 2.23. The molecule has 0 atom stereocenters. The molecule has 1 rings (SSSR count). The fraction of sp³-hybridized carbons (Fsp3) is 0.833. The van der Waals surface area contributed by atoms with Gasteiger partial charge in [0.05, 0.1) is 12.1 Å². The minimum atomic E-state index is -0.976. The van der Waals surface area contributed by atoms with Crippen molar-refractivity contribution in [3.05, 3.63) is 0 Å². The summed E-state index contributed by atoms with van der Waals surface area (Å²) in [7, 11) is 1.62. The molecule has 1 saturated heterocycles. The molecule has 110 valence electrons. The molecule has 1 aliphatic rings. The number of carboxylic acids is 1. The molecule has 1 heterocycles. The number of likely N-dealkylation sites (tertiary alicyclic amines) is 1. The quantitative estimate of drug-likeness (QED) is 0.541. The van der Waals surface area contributed by atoms with Crippen molar-refractivity contribution < 1.29 is 24.2 Å². The van der Waals surface area contributed by atoms with E-state index >= 15 is 0 Å². The van der Waals surface area contributed by atoms with Crippen LogP contribution in [0.5, 0.6) is 0 Å². The Labute approximate surface area is 112 Å². The summed E-state index contributed by atoms with van der Waals surface area (Å²) in [6.45, 7) is 4.26. The Balaban J connectivity index is 2.10. The van der Waals surface area contributed by atoms with Gasteiger partial charge in [0, 0.05) is 33.4 Å². The van der Waals surface area contributed by atoms with Crippen LogP contribution in [0.15, 0.2) is 0 Å². The molecular weight excluding hydrogens is 252 g/mol. The molecule has 0 saturated carbocycles. The van der Waals surface area contributed by atoms with Crippen molar-refractivity contribution >= 4 is 11.9 Å². The number of methoxy groups -OCH3 is 1. The van der Waals surface area contributed by atoms with E-state index in [1.54, 1.807) is 7.11 Å². The van der Waals surface area contributed by atoms with E-state index in [0.29, 0.717) is 32.8 Å². The standard InChI is InChI=1S/C12H22N2O5/c1-12(19-7-11(16)17)8-14(9-12)6-10(15)13-4-3-5-18-2/h3-9H2,1-2H3,(H,13,15)(H,16,17). The summed E-state index contributed by atoms with van der Waals surface area (Å²) in [5.41, 5.74) is -0.450. The lowest BCUT2D eigenvalue weighted by atomic mass is 9.96. The topological polar surface area (TPSA) is 88.1 Å². The van der Waals surface area contributed by atoms with Crippen LogP contribution in [0.3, 0.4) is 0 Å². The molecular formula is C12H22N2O5. The molecule has 1 fully saturated rings. The van der Waals surface area contributed by atoms with E-state index in [2.05, 4.69) is 5.32 Å². The van der Waals surface area contributed by atoms with Crippen molar-refractivity contribution in [1.82, 2.24) is 10.2 Å². The van der Waals surface area contributed by atoms with Gasteiger partial charge < -0.3 is 19.9 Å². The first-order valence-electron chi connectivity index (χ1n) is 6.29. The Morgan fingerprint density at radius 2 is 2.11 bits per heavy atom. The van der Waals surface area contributed by atoms with E-state index in [1.807, 2.05) is 11.8 Å². The van der Waals surface area contributed by atoms with Crippen molar-refractivity contribution in [2.75, 3.05) is 46.5 Å². The van der Waals surface area contributed by atoms with E-state index < -0.39 is 11.6 Å². The molecule has 0 bridgehead atoms. The van der Waals surface area contributed by atoms with Crippen LogP contribution in [-0.4, -0.2) is 74.0 Å². The summed E-state index contributed by atoms with van der Waals surface area (Å²) < 4.78 is 10.1. The van der Waals surface area contributed by atoms with Crippen LogP contribution >= 0.6 is 0 Å². The summed E-state index contributed by atoms with van der Waals surface area (Å²) >= 11 is 0. The molecule has 1 amide bonds. The first-order valence-corrected chi connectivity index (χ1v) is 6.29. The lowest BCUT2D eigenvalue weighted by molar-refractivity contribution is -0.166. The fourth-order valence-electron chi connectivity index (χ4n) is 2.04. The monoisotopic (exact) mass is 274 g/mol. The normalized spacial score (nSPS) is 17.8. The largest absolute Gasteiger partial charge is 0.480 e. The maximum Gasteiger partial charge on any atom is 0.329 e. The lowest BCUT2D eigenvalue weighted by Gasteiger charge is -2.46. The number of nitrogens with one attached hydrogen (secondary N) is 1. The van der Waals surface area contributed by atoms with Crippen LogP contribution in [-0.2, 0) is 19.1 Å². The molecule has 0 aromatic rings. The number of amides is 1. The Hall–Kier alpha value is -1.18. The Bertz CT molecular complexity index is 315. The molecule has 2 N–H and O–H groups in total. The summed E-state index contributed by atoms with van der Waals surface area (Å²) in [4.78, 5) is 23.9. The van der Waals surface area contributed by atoms with Gasteiger partial charge in [-0.3, -0.25) is 9.69 Å². The zero-order chi connectivity index (χ0) is 14.3. The van der Waals surface area contributed by atoms with Gasteiger partial charge in [0.2, 0.25) is 5.91 Å². The van der Waals surface area contributed by atoms with E-state index in [-0.39, 0.29) is 12.5 Å². The van der Waals surface area contributed by atoms with Gasteiger partial charge in [-0.25, -0.2) is 4.79 Å². The van der Waals surface area contributed by atoms with Gasteiger partial charge in [0.25, 0.3) is 0 Å². The number of carboxylic acid groups (broad SMARTS) is 1. The van der Waals surface area contributed by atoms with E-state index in [1.165, 1.54) is 0 Å². The maximum atomic E-state index is 11.6. The Morgan fingerprint density at radius 3 is 2.68 bits per heavy atom. The molecule has 7 heteroatoms. The first-order chi connectivity index (χ1) is 8.95. The third kappa shape index (κ3) is 6.00. The number of hydrogen-bond acceptors (Lipinski definition) is 5. The van der Waals surface area contributed by atoms with Crippen LogP contribution in [0.4, 0.5) is 0 Å². The molecule has 0 unspecified atom stereocenters. The zero-order valence-electron chi connectivity index (χ0n) is 11.5. The zero-order valence-corrected chi connectivity index (χ0v) is 11.5. The van der Waals surface area contributed by atoms with Crippen LogP contribution in [0.1, 0.15) is 13.3 Å². The number of aliphatic carboxylic acids is 1. The molecule has 0 radical (unpaired) electrons. The molecule has 0 aliphatic carbocycles. The highest BCUT2D eigenvalue weighted by Gasteiger charge is 2.40. The number of carbonyl (C=O) groups is 2. The minimum absolute atomic E-state index is 0.0311. The minimum Gasteiger partial charge on any atom is -0.480 e. The third-order valence-corrected chi connectivity index (χ3v) is 2.87. The highest BCUT2D eigenvalue weighted by atomic mass is 16.5. The third-order valence-electron chi connectivity index (χ3n) is 2.87. The number of nitrogens with zero attached hydrogens (tertiary/aromatic N) is 1. The van der Waals surface area contributed by atoms with E-state index in [4.69, 9.17) is 14.6 Å². The summed E-state index contributed by atoms with van der Waals surface area (Å²) in [6, 6.07) is 0. The average Bonchev–Trinajstić information content (AvgIpc) is 2.30. The van der Waals surface area contributed by atoms with Crippen molar-refractivity contribution in [3.63, 3.8) is 0 Å². The second-order valence-corrected chi connectivity index (χ2v) is 4.97. The molecule has 7 nitrogen and oxygen atoms in total. The Kier molecular flexibility index (Phi) is 6.20. The van der Waals surface area contributed by atoms with Gasteiger partial charge in [0.15, 0.2) is 0 Å². The van der Waals surface area contributed by atoms with Gasteiger partial charge in [0.1, 0.15) is 6.61 Å². The predicted molar refractivity (Wildman–Crippen MR) is 67.9 cm³/mol. The van der Waals surface area contributed by atoms with Crippen LogP contribution in [0.2, 0.25) is 0 Å². The molecule has 1 aliphatic heterocycles. The average molecular weight is 274 g/mol. The maximum absolute atomic E-state index is 11.6. The second kappa shape index (κ2) is 7.42. The SMILES string of the molecule is COCCCNC(=O)CN1CC(C)(OCC(=O)O)C1. The number of rotatable bonds is 9. The second-order valence-electron chi connectivity index (χ2n) is 4.97. The van der Waals surface area contributed by atoms with Crippen LogP contribution in [0, 0.1) is 0 Å². The summed E-state index contributed by atoms with van der Waals surface area (Å²) in [5.74, 6) is -1.01. The molecule has 0 aromatic heterocycles. The van der Waals surface area contributed by atoms with E-state index in [0.717, 1.165) is 6.42 Å². The van der Waals surface area contributed by atoms with Crippen molar-refractivity contribution in [2.24, 2.45) is 0 Å². The molecule has 0 aromatic carbocycles. The number of hydrogen-bond donors (Lipinski definition) is 2. The number of ether oxygens (including phenoxy) is 2. The summed E-state index contributed by atoms with van der Waals surface area (Å²) in [6.07, 6.45) is 0.793. The lowest BCUT2D eigenvalue weighted by Crippen LogP contribution is -2.63. The predicted octanol–water partition coefficient (Wildman–Crippen LogP) is -0.685. The van der Waals surface area contributed by atoms with Gasteiger partial charge in [-0.05, 0) is 13.3 Å². The van der Waals surface area contributed by atoms with Crippen molar-refractivity contribution in [3.8, 4) is 0 Å². The van der Waals surface area contributed by atoms with Crippen LogP contribution in [0.25, 0.3) is 0 Å². The first kappa shape index (κ1) is 15.9. The van der Waals surface area contributed by atoms with E-state index in [9.17, 15) is 9.59 Å². The van der Waals surface area contributed by atoms with Gasteiger partial charge >= 0.3 is 5.97 Å².